The summed E-state index contributed by atoms with van der Waals surface area (Å²) in [7, 11) is 0. The monoisotopic (exact) mass is 226 g/mol. The molecule has 1 aliphatic rings. The molecule has 2 nitrogen and oxygen atoms in total. The van der Waals surface area contributed by atoms with Crippen molar-refractivity contribution in [3.8, 4) is 0 Å². The van der Waals surface area contributed by atoms with Gasteiger partial charge >= 0.3 is 0 Å². The van der Waals surface area contributed by atoms with Crippen LogP contribution in [0.3, 0.4) is 0 Å². The van der Waals surface area contributed by atoms with Crippen molar-refractivity contribution in [3.63, 3.8) is 0 Å². The smallest absolute Gasteiger partial charge is 0.00997 e. The van der Waals surface area contributed by atoms with Gasteiger partial charge in [-0.2, -0.15) is 0 Å². The quantitative estimate of drug-likeness (QED) is 0.707. The summed E-state index contributed by atoms with van der Waals surface area (Å²) >= 11 is 0. The summed E-state index contributed by atoms with van der Waals surface area (Å²) in [5, 5.41) is 3.59. The summed E-state index contributed by atoms with van der Waals surface area (Å²) < 4.78 is 0. The molecule has 0 amide bonds. The van der Waals surface area contributed by atoms with E-state index in [-0.39, 0.29) is 5.41 Å². The van der Waals surface area contributed by atoms with Gasteiger partial charge in [0.15, 0.2) is 0 Å². The SMILES string of the molecule is CC1(CNCCC(N)C(C)(C)C)CCCC1. The fourth-order valence-electron chi connectivity index (χ4n) is 2.49. The molecule has 0 aromatic carbocycles. The fourth-order valence-corrected chi connectivity index (χ4v) is 2.49. The van der Waals surface area contributed by atoms with Gasteiger partial charge in [-0.25, -0.2) is 0 Å². The maximum Gasteiger partial charge on any atom is 0.00997 e. The first kappa shape index (κ1) is 14.0. The summed E-state index contributed by atoms with van der Waals surface area (Å²) in [4.78, 5) is 0. The normalized spacial score (nSPS) is 22.3. The first-order valence-corrected chi connectivity index (χ1v) is 6.80. The van der Waals surface area contributed by atoms with E-state index >= 15 is 0 Å². The Balaban J connectivity index is 2.12. The molecule has 1 fully saturated rings. The average Bonchev–Trinajstić information content (AvgIpc) is 2.58. The number of nitrogens with one attached hydrogen (secondary N) is 1. The zero-order valence-electron chi connectivity index (χ0n) is 11.6. The Morgan fingerprint density at radius 3 is 2.31 bits per heavy atom. The van der Waals surface area contributed by atoms with Crippen LogP contribution in [0.15, 0.2) is 0 Å². The third-order valence-electron chi connectivity index (χ3n) is 4.11. The molecule has 1 atom stereocenters. The first-order valence-electron chi connectivity index (χ1n) is 6.80. The lowest BCUT2D eigenvalue weighted by molar-refractivity contribution is 0.283. The summed E-state index contributed by atoms with van der Waals surface area (Å²) in [6.07, 6.45) is 6.70. The van der Waals surface area contributed by atoms with Crippen LogP contribution >= 0.6 is 0 Å². The minimum atomic E-state index is 0.235. The first-order chi connectivity index (χ1) is 7.33. The van der Waals surface area contributed by atoms with Crippen molar-refractivity contribution in [1.82, 2.24) is 5.32 Å². The van der Waals surface area contributed by atoms with Crippen LogP contribution in [-0.2, 0) is 0 Å². The standard InChI is InChI=1S/C14H30N2/c1-13(2,3)12(15)7-10-16-11-14(4)8-5-6-9-14/h12,16H,5-11,15H2,1-4H3. The highest BCUT2D eigenvalue weighted by molar-refractivity contribution is 4.83. The summed E-state index contributed by atoms with van der Waals surface area (Å²) in [6, 6.07) is 0.302. The molecule has 0 aromatic heterocycles. The molecule has 1 unspecified atom stereocenters. The van der Waals surface area contributed by atoms with Gasteiger partial charge in [0.25, 0.3) is 0 Å². The van der Waals surface area contributed by atoms with Crippen LogP contribution in [0.5, 0.6) is 0 Å². The van der Waals surface area contributed by atoms with E-state index in [0.717, 1.165) is 13.0 Å². The van der Waals surface area contributed by atoms with E-state index in [1.807, 2.05) is 0 Å². The Labute approximate surface area is 101 Å². The highest BCUT2D eigenvalue weighted by atomic mass is 14.9. The van der Waals surface area contributed by atoms with E-state index in [1.165, 1.54) is 32.2 Å². The van der Waals surface area contributed by atoms with Crippen LogP contribution in [0.2, 0.25) is 0 Å². The van der Waals surface area contributed by atoms with Crippen molar-refractivity contribution in [2.24, 2.45) is 16.6 Å². The molecule has 0 heterocycles. The van der Waals surface area contributed by atoms with Crippen LogP contribution in [0.25, 0.3) is 0 Å². The Kier molecular flexibility index (Phi) is 4.81. The van der Waals surface area contributed by atoms with Gasteiger partial charge in [0.1, 0.15) is 0 Å². The molecular formula is C14H30N2. The van der Waals surface area contributed by atoms with Gasteiger partial charge < -0.3 is 11.1 Å². The molecule has 0 saturated heterocycles. The fraction of sp³-hybridized carbons (Fsp3) is 1.00. The van der Waals surface area contributed by atoms with E-state index in [2.05, 4.69) is 33.0 Å². The van der Waals surface area contributed by atoms with Crippen LogP contribution < -0.4 is 11.1 Å². The lowest BCUT2D eigenvalue weighted by Crippen LogP contribution is -2.39. The van der Waals surface area contributed by atoms with Crippen LogP contribution in [0, 0.1) is 10.8 Å². The number of hydrogen-bond donors (Lipinski definition) is 2. The van der Waals surface area contributed by atoms with Gasteiger partial charge in [-0.15, -0.1) is 0 Å². The van der Waals surface area contributed by atoms with Gasteiger partial charge in [0.2, 0.25) is 0 Å². The van der Waals surface area contributed by atoms with E-state index in [4.69, 9.17) is 5.73 Å². The van der Waals surface area contributed by atoms with Crippen molar-refractivity contribution in [2.75, 3.05) is 13.1 Å². The Bertz CT molecular complexity index is 199. The molecule has 1 saturated carbocycles. The maximum absolute atomic E-state index is 6.14. The largest absolute Gasteiger partial charge is 0.327 e. The molecule has 0 bridgehead atoms. The highest BCUT2D eigenvalue weighted by Crippen LogP contribution is 2.36. The molecule has 1 rings (SSSR count). The minimum absolute atomic E-state index is 0.235. The molecule has 0 aromatic rings. The second kappa shape index (κ2) is 5.50. The molecule has 0 spiro atoms. The summed E-state index contributed by atoms with van der Waals surface area (Å²) in [5.74, 6) is 0. The Morgan fingerprint density at radius 1 is 1.25 bits per heavy atom. The third-order valence-corrected chi connectivity index (χ3v) is 4.11. The van der Waals surface area contributed by atoms with E-state index < -0.39 is 0 Å². The third kappa shape index (κ3) is 4.42. The van der Waals surface area contributed by atoms with Gasteiger partial charge in [0.05, 0.1) is 0 Å². The second-order valence-corrected chi connectivity index (χ2v) is 6.96. The zero-order valence-corrected chi connectivity index (χ0v) is 11.6. The summed E-state index contributed by atoms with van der Waals surface area (Å²) in [6.45, 7) is 11.3. The van der Waals surface area contributed by atoms with Crippen molar-refractivity contribution < 1.29 is 0 Å². The number of nitrogens with two attached hydrogens (primary N) is 1. The lowest BCUT2D eigenvalue weighted by Gasteiger charge is -2.28. The topological polar surface area (TPSA) is 38.0 Å². The van der Waals surface area contributed by atoms with E-state index in [9.17, 15) is 0 Å². The molecule has 2 heteroatoms. The molecule has 0 aliphatic heterocycles. The molecule has 3 N–H and O–H groups in total. The second-order valence-electron chi connectivity index (χ2n) is 6.96. The van der Waals surface area contributed by atoms with Gasteiger partial charge in [-0.05, 0) is 36.6 Å². The Morgan fingerprint density at radius 2 is 1.81 bits per heavy atom. The van der Waals surface area contributed by atoms with Gasteiger partial charge in [0, 0.05) is 12.6 Å². The van der Waals surface area contributed by atoms with Crippen molar-refractivity contribution in [3.05, 3.63) is 0 Å². The summed E-state index contributed by atoms with van der Waals surface area (Å²) in [5.41, 5.74) is 6.93. The molecule has 16 heavy (non-hydrogen) atoms. The zero-order chi connectivity index (χ0) is 12.2. The van der Waals surface area contributed by atoms with Gasteiger partial charge in [-0.3, -0.25) is 0 Å². The number of rotatable bonds is 5. The van der Waals surface area contributed by atoms with Crippen molar-refractivity contribution >= 4 is 0 Å². The predicted molar refractivity (Wildman–Crippen MR) is 71.5 cm³/mol. The van der Waals surface area contributed by atoms with Crippen molar-refractivity contribution in [1.29, 1.82) is 0 Å². The van der Waals surface area contributed by atoms with Crippen LogP contribution in [-0.4, -0.2) is 19.1 Å². The van der Waals surface area contributed by atoms with Crippen LogP contribution in [0.4, 0.5) is 0 Å². The molecule has 0 radical (unpaired) electrons. The van der Waals surface area contributed by atoms with Gasteiger partial charge in [-0.1, -0.05) is 40.5 Å². The maximum atomic E-state index is 6.14. The van der Waals surface area contributed by atoms with Crippen LogP contribution in [0.1, 0.15) is 59.8 Å². The average molecular weight is 226 g/mol. The van der Waals surface area contributed by atoms with E-state index in [1.54, 1.807) is 0 Å². The molecule has 1 aliphatic carbocycles. The highest BCUT2D eigenvalue weighted by Gasteiger charge is 2.28. The van der Waals surface area contributed by atoms with Crippen molar-refractivity contribution in [2.45, 2.75) is 65.8 Å². The lowest BCUT2D eigenvalue weighted by atomic mass is 9.85. The molecule has 96 valence electrons. The minimum Gasteiger partial charge on any atom is -0.327 e. The van der Waals surface area contributed by atoms with E-state index in [0.29, 0.717) is 11.5 Å². The predicted octanol–water partition coefficient (Wildman–Crippen LogP) is 2.92. The Hall–Kier alpha value is -0.0800. The molecular weight excluding hydrogens is 196 g/mol. The number of hydrogen-bond acceptors (Lipinski definition) is 2.